The number of ether oxygens (including phenoxy) is 1. The largest absolute Gasteiger partial charge is 0.453 e. The number of H-pyrrole nitrogens is 1. The van der Waals surface area contributed by atoms with E-state index in [1.807, 2.05) is 6.92 Å². The van der Waals surface area contributed by atoms with E-state index in [9.17, 15) is 23.9 Å². The van der Waals surface area contributed by atoms with Crippen molar-refractivity contribution in [2.75, 3.05) is 17.2 Å². The third-order valence-electron chi connectivity index (χ3n) is 6.89. The third kappa shape index (κ3) is 5.92. The molecule has 0 spiro atoms. The number of aromatic nitrogens is 5. The molecule has 0 fully saturated rings. The molecule has 3 heterocycles. The van der Waals surface area contributed by atoms with Crippen LogP contribution in [0, 0.1) is 11.6 Å². The Kier molecular flexibility index (Phi) is 8.53. The number of nitrogens with zero attached hydrogens (tertiary/aromatic N) is 4. The number of nitrogens with one attached hydrogen (secondary N) is 3. The first-order valence-electron chi connectivity index (χ1n) is 13.7. The Labute approximate surface area is 249 Å². The maximum absolute atomic E-state index is 15.2. The molecule has 1 unspecified atom stereocenters. The van der Waals surface area contributed by atoms with Gasteiger partial charge in [0.15, 0.2) is 23.0 Å². The zero-order chi connectivity index (χ0) is 31.5. The van der Waals surface area contributed by atoms with Gasteiger partial charge in [0.2, 0.25) is 0 Å². The maximum Gasteiger partial charge on any atom is 0.335 e. The lowest BCUT2D eigenvalue weighted by Gasteiger charge is -2.16. The van der Waals surface area contributed by atoms with E-state index in [1.54, 1.807) is 13.8 Å². The fraction of sp³-hybridized carbons (Fsp3) is 0.233. The van der Waals surface area contributed by atoms with Crippen LogP contribution < -0.4 is 26.6 Å². The summed E-state index contributed by atoms with van der Waals surface area (Å²) >= 11 is 0. The normalized spacial score (nSPS) is 12.0. The first-order valence-corrected chi connectivity index (χ1v) is 13.7. The van der Waals surface area contributed by atoms with Crippen molar-refractivity contribution in [3.05, 3.63) is 99.0 Å². The lowest BCUT2D eigenvalue weighted by atomic mass is 10.2. The van der Waals surface area contributed by atoms with Gasteiger partial charge in [-0.3, -0.25) is 19.3 Å². The van der Waals surface area contributed by atoms with E-state index in [0.717, 1.165) is 29.0 Å². The fourth-order valence-corrected chi connectivity index (χ4v) is 4.48. The standard InChI is InChI=1S/C30H29F2N7O5/c1-4-18(15-40)34-27-25-24(11-12-33-26(25)36-37-27)44-23-10-7-19(13-22(23)32)35-28(41)21-14-38(16(2)3)30(43)39(29(21)42)20-8-5-17(31)6-9-20/h5-14,16,18,40H,4,15H2,1-3H3,(H,35,41)(H2,33,34,36,37). The van der Waals surface area contributed by atoms with Gasteiger partial charge in [0.05, 0.1) is 18.3 Å². The first kappa shape index (κ1) is 30.1. The van der Waals surface area contributed by atoms with Crippen LogP contribution in [-0.2, 0) is 0 Å². The first-order chi connectivity index (χ1) is 21.1. The van der Waals surface area contributed by atoms with Crippen LogP contribution in [0.2, 0.25) is 0 Å². The molecule has 5 aromatic rings. The molecular weight excluding hydrogens is 576 g/mol. The van der Waals surface area contributed by atoms with Gasteiger partial charge in [-0.2, -0.15) is 5.10 Å². The van der Waals surface area contributed by atoms with Crippen molar-refractivity contribution in [3.63, 3.8) is 0 Å². The summed E-state index contributed by atoms with van der Waals surface area (Å²) in [5.41, 5.74) is -1.51. The van der Waals surface area contributed by atoms with E-state index in [4.69, 9.17) is 4.74 Å². The summed E-state index contributed by atoms with van der Waals surface area (Å²) < 4.78 is 36.6. The number of hydrogen-bond acceptors (Lipinski definition) is 8. The molecule has 0 aliphatic carbocycles. The molecule has 14 heteroatoms. The molecule has 0 aliphatic heterocycles. The minimum absolute atomic E-state index is 0.0224. The van der Waals surface area contributed by atoms with Crippen LogP contribution in [0.1, 0.15) is 43.6 Å². The predicted molar refractivity (Wildman–Crippen MR) is 160 cm³/mol. The quantitative estimate of drug-likeness (QED) is 0.183. The van der Waals surface area contributed by atoms with Crippen LogP contribution in [0.3, 0.4) is 0 Å². The molecule has 228 valence electrons. The highest BCUT2D eigenvalue weighted by molar-refractivity contribution is 6.04. The van der Waals surface area contributed by atoms with Crippen LogP contribution in [-0.4, -0.2) is 48.0 Å². The third-order valence-corrected chi connectivity index (χ3v) is 6.89. The van der Waals surface area contributed by atoms with E-state index in [1.165, 1.54) is 41.1 Å². The van der Waals surface area contributed by atoms with E-state index >= 15 is 4.39 Å². The molecule has 0 radical (unpaired) electrons. The monoisotopic (exact) mass is 605 g/mol. The van der Waals surface area contributed by atoms with Gasteiger partial charge >= 0.3 is 5.69 Å². The lowest BCUT2D eigenvalue weighted by molar-refractivity contribution is 0.102. The number of pyridine rings is 1. The summed E-state index contributed by atoms with van der Waals surface area (Å²) in [5, 5.41) is 22.6. The molecule has 1 atom stereocenters. The van der Waals surface area contributed by atoms with Gasteiger partial charge in [-0.15, -0.1) is 0 Å². The number of carbonyl (C=O) groups excluding carboxylic acids is 1. The summed E-state index contributed by atoms with van der Waals surface area (Å²) in [6.45, 7) is 5.17. The van der Waals surface area contributed by atoms with E-state index in [2.05, 4.69) is 25.8 Å². The molecular formula is C30H29F2N7O5. The van der Waals surface area contributed by atoms with Gasteiger partial charge in [0.25, 0.3) is 11.5 Å². The Morgan fingerprint density at radius 2 is 1.84 bits per heavy atom. The maximum atomic E-state index is 15.2. The average molecular weight is 606 g/mol. The van der Waals surface area contributed by atoms with Gasteiger partial charge in [-0.25, -0.2) is 23.1 Å². The number of fused-ring (bicyclic) bond motifs is 1. The number of carbonyl (C=O) groups is 1. The highest BCUT2D eigenvalue weighted by Gasteiger charge is 2.21. The van der Waals surface area contributed by atoms with Crippen LogP contribution in [0.15, 0.2) is 70.5 Å². The SMILES string of the molecule is CCC(CO)Nc1n[nH]c2nccc(Oc3ccc(NC(=O)c4cn(C(C)C)c(=O)n(-c5ccc(F)cc5)c4=O)cc3F)c12. The topological polar surface area (TPSA) is 156 Å². The summed E-state index contributed by atoms with van der Waals surface area (Å²) in [5.74, 6) is -1.80. The summed E-state index contributed by atoms with van der Waals surface area (Å²) in [6.07, 6.45) is 3.23. The molecule has 0 saturated heterocycles. The Bertz CT molecular complexity index is 1950. The van der Waals surface area contributed by atoms with Crippen molar-refractivity contribution in [1.82, 2.24) is 24.3 Å². The molecule has 12 nitrogen and oxygen atoms in total. The van der Waals surface area contributed by atoms with Crippen LogP contribution >= 0.6 is 0 Å². The van der Waals surface area contributed by atoms with E-state index in [0.29, 0.717) is 23.3 Å². The van der Waals surface area contributed by atoms with Gasteiger partial charge < -0.3 is 20.5 Å². The lowest BCUT2D eigenvalue weighted by Crippen LogP contribution is -2.42. The van der Waals surface area contributed by atoms with Gasteiger partial charge in [0, 0.05) is 36.3 Å². The van der Waals surface area contributed by atoms with Gasteiger partial charge in [0.1, 0.15) is 22.5 Å². The minimum Gasteiger partial charge on any atom is -0.453 e. The molecule has 0 bridgehead atoms. The van der Waals surface area contributed by atoms with Crippen LogP contribution in [0.25, 0.3) is 16.7 Å². The Morgan fingerprint density at radius 1 is 1.09 bits per heavy atom. The number of aliphatic hydroxyl groups excluding tert-OH is 1. The smallest absolute Gasteiger partial charge is 0.335 e. The second kappa shape index (κ2) is 12.5. The number of aromatic amines is 1. The van der Waals surface area contributed by atoms with Crippen LogP contribution in [0.5, 0.6) is 11.5 Å². The molecule has 44 heavy (non-hydrogen) atoms. The Balaban J connectivity index is 1.43. The highest BCUT2D eigenvalue weighted by atomic mass is 19.1. The zero-order valence-electron chi connectivity index (χ0n) is 24.0. The molecule has 3 aromatic heterocycles. The minimum atomic E-state index is -0.922. The molecule has 0 saturated carbocycles. The number of amides is 1. The zero-order valence-corrected chi connectivity index (χ0v) is 24.0. The van der Waals surface area contributed by atoms with Crippen molar-refractivity contribution in [2.45, 2.75) is 39.3 Å². The Morgan fingerprint density at radius 3 is 2.50 bits per heavy atom. The molecule has 1 amide bonds. The number of hydrogen-bond donors (Lipinski definition) is 4. The molecule has 2 aromatic carbocycles. The fourth-order valence-electron chi connectivity index (χ4n) is 4.48. The van der Waals surface area contributed by atoms with Gasteiger partial charge in [-0.1, -0.05) is 6.92 Å². The Hall–Kier alpha value is -5.37. The van der Waals surface area contributed by atoms with Crippen molar-refractivity contribution in [3.8, 4) is 17.2 Å². The van der Waals surface area contributed by atoms with E-state index in [-0.39, 0.29) is 41.1 Å². The highest BCUT2D eigenvalue weighted by Crippen LogP contribution is 2.34. The summed E-state index contributed by atoms with van der Waals surface area (Å²) in [4.78, 5) is 43.8. The molecule has 0 aliphatic rings. The molecule has 4 N–H and O–H groups in total. The van der Waals surface area contributed by atoms with Crippen molar-refractivity contribution in [2.24, 2.45) is 0 Å². The number of benzene rings is 2. The number of halogens is 2. The van der Waals surface area contributed by atoms with Crippen molar-refractivity contribution in [1.29, 1.82) is 0 Å². The van der Waals surface area contributed by atoms with E-state index < -0.39 is 34.8 Å². The number of anilines is 2. The summed E-state index contributed by atoms with van der Waals surface area (Å²) in [7, 11) is 0. The summed E-state index contributed by atoms with van der Waals surface area (Å²) in [6, 6.07) is 9.27. The second-order valence-corrected chi connectivity index (χ2v) is 10.2. The average Bonchev–Trinajstić information content (AvgIpc) is 3.41. The van der Waals surface area contributed by atoms with Crippen LogP contribution in [0.4, 0.5) is 20.3 Å². The molecule has 5 rings (SSSR count). The predicted octanol–water partition coefficient (Wildman–Crippen LogP) is 4.36. The second-order valence-electron chi connectivity index (χ2n) is 10.2. The van der Waals surface area contributed by atoms with Crippen molar-refractivity contribution < 1.29 is 23.4 Å². The number of rotatable bonds is 10. The number of aliphatic hydroxyl groups is 1. The van der Waals surface area contributed by atoms with Gasteiger partial charge in [-0.05, 0) is 56.7 Å². The van der Waals surface area contributed by atoms with Crippen molar-refractivity contribution >= 4 is 28.4 Å².